The van der Waals surface area contributed by atoms with Crippen molar-refractivity contribution in [2.75, 3.05) is 11.9 Å². The number of hydrogen-bond donors (Lipinski definition) is 2. The monoisotopic (exact) mass is 197 g/mol. The largest absolute Gasteiger partial charge is 0.481 e. The average molecular weight is 197 g/mol. The molecule has 0 saturated heterocycles. The first-order valence-electron chi connectivity index (χ1n) is 4.63. The van der Waals surface area contributed by atoms with Gasteiger partial charge in [0.05, 0.1) is 5.92 Å². The van der Waals surface area contributed by atoms with Crippen LogP contribution in [0, 0.1) is 5.92 Å². The maximum Gasteiger partial charge on any atom is 0.308 e. The van der Waals surface area contributed by atoms with Crippen LogP contribution in [0.3, 0.4) is 0 Å². The molecule has 78 valence electrons. The van der Waals surface area contributed by atoms with Gasteiger partial charge >= 0.3 is 5.97 Å². The zero-order valence-corrected chi connectivity index (χ0v) is 8.40. The van der Waals surface area contributed by atoms with Crippen LogP contribution in [-0.2, 0) is 11.3 Å². The minimum Gasteiger partial charge on any atom is -0.481 e. The molecule has 0 spiro atoms. The molecular formula is C9H15N3O2. The van der Waals surface area contributed by atoms with E-state index in [1.165, 1.54) is 0 Å². The van der Waals surface area contributed by atoms with Gasteiger partial charge in [-0.3, -0.25) is 4.79 Å². The minimum atomic E-state index is -0.799. The van der Waals surface area contributed by atoms with Crippen molar-refractivity contribution in [3.8, 4) is 0 Å². The Morgan fingerprint density at radius 2 is 2.50 bits per heavy atom. The normalized spacial score (nSPS) is 12.4. The number of rotatable bonds is 5. The highest BCUT2D eigenvalue weighted by Crippen LogP contribution is 2.05. The number of aryl methyl sites for hydroxylation is 1. The van der Waals surface area contributed by atoms with Crippen molar-refractivity contribution in [3.05, 3.63) is 12.4 Å². The summed E-state index contributed by atoms with van der Waals surface area (Å²) in [5.41, 5.74) is 0. The first-order chi connectivity index (χ1) is 6.65. The molecule has 0 aliphatic carbocycles. The summed E-state index contributed by atoms with van der Waals surface area (Å²) in [5.74, 6) is -0.482. The molecule has 5 nitrogen and oxygen atoms in total. The summed E-state index contributed by atoms with van der Waals surface area (Å²) in [6, 6.07) is 0. The Bertz CT molecular complexity index is 309. The Morgan fingerprint density at radius 3 is 3.07 bits per heavy atom. The van der Waals surface area contributed by atoms with E-state index < -0.39 is 11.9 Å². The first-order valence-corrected chi connectivity index (χ1v) is 4.63. The van der Waals surface area contributed by atoms with Crippen LogP contribution in [0.25, 0.3) is 0 Å². The predicted molar refractivity (Wildman–Crippen MR) is 53.2 cm³/mol. The van der Waals surface area contributed by atoms with Crippen molar-refractivity contribution in [1.29, 1.82) is 0 Å². The fraction of sp³-hybridized carbons (Fsp3) is 0.556. The Labute approximate surface area is 82.8 Å². The van der Waals surface area contributed by atoms with Crippen LogP contribution >= 0.6 is 0 Å². The van der Waals surface area contributed by atoms with E-state index in [0.717, 1.165) is 12.5 Å². The van der Waals surface area contributed by atoms with Gasteiger partial charge in [0.15, 0.2) is 0 Å². The molecule has 0 bridgehead atoms. The highest BCUT2D eigenvalue weighted by Gasteiger charge is 2.11. The van der Waals surface area contributed by atoms with Crippen LogP contribution in [0.1, 0.15) is 13.8 Å². The van der Waals surface area contributed by atoms with Crippen molar-refractivity contribution in [3.63, 3.8) is 0 Å². The van der Waals surface area contributed by atoms with E-state index in [-0.39, 0.29) is 0 Å². The summed E-state index contributed by atoms with van der Waals surface area (Å²) in [7, 11) is 0. The van der Waals surface area contributed by atoms with Crippen molar-refractivity contribution < 1.29 is 9.90 Å². The average Bonchev–Trinajstić information content (AvgIpc) is 2.60. The molecule has 0 aromatic carbocycles. The van der Waals surface area contributed by atoms with Gasteiger partial charge in [-0.15, -0.1) is 0 Å². The zero-order chi connectivity index (χ0) is 10.6. The van der Waals surface area contributed by atoms with Gasteiger partial charge in [-0.2, -0.15) is 0 Å². The van der Waals surface area contributed by atoms with Crippen LogP contribution in [0.5, 0.6) is 0 Å². The molecule has 1 atom stereocenters. The molecule has 1 unspecified atom stereocenters. The number of imidazole rings is 1. The summed E-state index contributed by atoms with van der Waals surface area (Å²) in [6.07, 6.45) is 3.55. The Balaban J connectivity index is 2.49. The first kappa shape index (κ1) is 10.6. The molecule has 1 heterocycles. The Kier molecular flexibility index (Phi) is 3.50. The molecule has 0 fully saturated rings. The zero-order valence-electron chi connectivity index (χ0n) is 8.40. The highest BCUT2D eigenvalue weighted by molar-refractivity contribution is 5.70. The topological polar surface area (TPSA) is 67.2 Å². The maximum absolute atomic E-state index is 10.5. The Hall–Kier alpha value is -1.52. The van der Waals surface area contributed by atoms with E-state index in [9.17, 15) is 4.79 Å². The van der Waals surface area contributed by atoms with Gasteiger partial charge in [-0.1, -0.05) is 6.92 Å². The van der Waals surface area contributed by atoms with Gasteiger partial charge in [-0.25, -0.2) is 4.98 Å². The Morgan fingerprint density at radius 1 is 1.79 bits per heavy atom. The smallest absolute Gasteiger partial charge is 0.308 e. The molecule has 1 rings (SSSR count). The lowest BCUT2D eigenvalue weighted by Crippen LogP contribution is -2.21. The van der Waals surface area contributed by atoms with Crippen LogP contribution in [0.15, 0.2) is 12.4 Å². The summed E-state index contributed by atoms with van der Waals surface area (Å²) in [6.45, 7) is 4.89. The molecule has 14 heavy (non-hydrogen) atoms. The number of carboxylic acids is 1. The number of nitrogens with zero attached hydrogens (tertiary/aromatic N) is 2. The molecule has 0 aliphatic heterocycles. The van der Waals surface area contributed by atoms with Crippen molar-refractivity contribution in [2.24, 2.45) is 5.92 Å². The molecular weight excluding hydrogens is 182 g/mol. The van der Waals surface area contributed by atoms with Crippen LogP contribution in [-0.4, -0.2) is 27.2 Å². The fourth-order valence-corrected chi connectivity index (χ4v) is 1.06. The molecule has 5 heteroatoms. The second-order valence-electron chi connectivity index (χ2n) is 3.16. The van der Waals surface area contributed by atoms with E-state index >= 15 is 0 Å². The van der Waals surface area contributed by atoms with E-state index in [0.29, 0.717) is 6.54 Å². The van der Waals surface area contributed by atoms with E-state index in [1.54, 1.807) is 13.1 Å². The number of carbonyl (C=O) groups is 1. The third-order valence-corrected chi connectivity index (χ3v) is 2.04. The van der Waals surface area contributed by atoms with Gasteiger partial charge in [-0.05, 0) is 6.92 Å². The number of anilines is 1. The van der Waals surface area contributed by atoms with Gasteiger partial charge in [0.2, 0.25) is 5.95 Å². The number of nitrogens with one attached hydrogen (secondary N) is 1. The fourth-order valence-electron chi connectivity index (χ4n) is 1.06. The van der Waals surface area contributed by atoms with Gasteiger partial charge in [0, 0.05) is 25.5 Å². The maximum atomic E-state index is 10.5. The number of aliphatic carboxylic acids is 1. The lowest BCUT2D eigenvalue weighted by Gasteiger charge is -2.09. The van der Waals surface area contributed by atoms with Crippen molar-refractivity contribution in [1.82, 2.24) is 9.55 Å². The minimum absolute atomic E-state index is 0.395. The van der Waals surface area contributed by atoms with Crippen LogP contribution in [0.2, 0.25) is 0 Å². The second kappa shape index (κ2) is 4.64. The lowest BCUT2D eigenvalue weighted by atomic mass is 10.2. The molecule has 0 radical (unpaired) electrons. The van der Waals surface area contributed by atoms with Crippen LogP contribution < -0.4 is 5.32 Å². The highest BCUT2D eigenvalue weighted by atomic mass is 16.4. The summed E-state index contributed by atoms with van der Waals surface area (Å²) < 4.78 is 1.93. The van der Waals surface area contributed by atoms with Gasteiger partial charge in [0.1, 0.15) is 0 Å². The number of carboxylic acid groups (broad SMARTS) is 1. The molecule has 2 N–H and O–H groups in total. The van der Waals surface area contributed by atoms with Crippen molar-refractivity contribution >= 4 is 11.9 Å². The van der Waals surface area contributed by atoms with E-state index in [4.69, 9.17) is 5.11 Å². The summed E-state index contributed by atoms with van der Waals surface area (Å²) >= 11 is 0. The molecule has 0 amide bonds. The molecule has 0 aliphatic rings. The molecule has 1 aromatic rings. The van der Waals surface area contributed by atoms with Gasteiger partial charge < -0.3 is 15.0 Å². The molecule has 1 aromatic heterocycles. The second-order valence-corrected chi connectivity index (χ2v) is 3.16. The standard InChI is InChI=1S/C9H15N3O2/c1-3-12-5-4-10-9(12)11-6-7(2)8(13)14/h4-5,7H,3,6H2,1-2H3,(H,10,11)(H,13,14). The SMILES string of the molecule is CCn1ccnc1NCC(C)C(=O)O. The summed E-state index contributed by atoms with van der Waals surface area (Å²) in [5, 5.41) is 11.7. The summed E-state index contributed by atoms with van der Waals surface area (Å²) in [4.78, 5) is 14.6. The number of aromatic nitrogens is 2. The lowest BCUT2D eigenvalue weighted by molar-refractivity contribution is -0.140. The quantitative estimate of drug-likeness (QED) is 0.740. The van der Waals surface area contributed by atoms with Crippen molar-refractivity contribution in [2.45, 2.75) is 20.4 Å². The predicted octanol–water partition coefficient (Wildman–Crippen LogP) is 1.04. The third-order valence-electron chi connectivity index (χ3n) is 2.04. The van der Waals surface area contributed by atoms with E-state index in [1.807, 2.05) is 17.7 Å². The number of hydrogen-bond acceptors (Lipinski definition) is 3. The van der Waals surface area contributed by atoms with E-state index in [2.05, 4.69) is 10.3 Å². The van der Waals surface area contributed by atoms with Crippen LogP contribution in [0.4, 0.5) is 5.95 Å². The molecule has 0 saturated carbocycles. The third kappa shape index (κ3) is 2.48. The van der Waals surface area contributed by atoms with Gasteiger partial charge in [0.25, 0.3) is 0 Å².